The molecule has 1 aliphatic heterocycles. The number of carbonyl (C=O) groups is 2. The van der Waals surface area contributed by atoms with Crippen LogP contribution in [-0.4, -0.2) is 46.6 Å². The van der Waals surface area contributed by atoms with E-state index in [1.807, 2.05) is 38.1 Å². The van der Waals surface area contributed by atoms with Gasteiger partial charge in [0.1, 0.15) is 17.6 Å². The van der Waals surface area contributed by atoms with Gasteiger partial charge in [0, 0.05) is 12.1 Å². The number of hydrogen-bond donors (Lipinski definition) is 2. The minimum atomic E-state index is -0.654. The lowest BCUT2D eigenvalue weighted by atomic mass is 10.0. The topological polar surface area (TPSA) is 96.6 Å². The maximum atomic E-state index is 13.2. The molecule has 0 unspecified atom stereocenters. The monoisotopic (exact) mass is 426 g/mol. The van der Waals surface area contributed by atoms with Gasteiger partial charge in [-0.15, -0.1) is 0 Å². The van der Waals surface area contributed by atoms with E-state index in [1.165, 1.54) is 7.11 Å². The SMILES string of the molecule is C=C(C)Oc1cccc(-c2cnc([C@@H]3CCCN3C(=O)[C@@H](NC(=O)OC)C(C)C)[nH]2)c1. The third-order valence-electron chi connectivity index (χ3n) is 5.28. The molecule has 0 bridgehead atoms. The molecule has 8 heteroatoms. The molecule has 0 radical (unpaired) electrons. The summed E-state index contributed by atoms with van der Waals surface area (Å²) in [6.07, 6.45) is 2.83. The summed E-state index contributed by atoms with van der Waals surface area (Å²) in [6, 6.07) is 6.84. The van der Waals surface area contributed by atoms with Crippen molar-refractivity contribution in [1.82, 2.24) is 20.2 Å². The number of hydrogen-bond acceptors (Lipinski definition) is 5. The number of ether oxygens (including phenoxy) is 2. The normalized spacial score (nSPS) is 16.8. The number of aromatic amines is 1. The highest BCUT2D eigenvalue weighted by atomic mass is 16.5. The number of nitrogens with zero attached hydrogens (tertiary/aromatic N) is 2. The molecule has 31 heavy (non-hydrogen) atoms. The number of H-pyrrole nitrogens is 1. The number of imidazole rings is 1. The third-order valence-corrected chi connectivity index (χ3v) is 5.28. The van der Waals surface area contributed by atoms with Gasteiger partial charge in [-0.25, -0.2) is 9.78 Å². The van der Waals surface area contributed by atoms with E-state index in [1.54, 1.807) is 18.0 Å². The Labute approximate surface area is 182 Å². The molecule has 2 amide bonds. The third kappa shape index (κ3) is 5.25. The van der Waals surface area contributed by atoms with E-state index in [0.29, 0.717) is 18.1 Å². The van der Waals surface area contributed by atoms with Crippen molar-refractivity contribution in [3.05, 3.63) is 48.6 Å². The van der Waals surface area contributed by atoms with Crippen molar-refractivity contribution < 1.29 is 19.1 Å². The van der Waals surface area contributed by atoms with Gasteiger partial charge >= 0.3 is 6.09 Å². The summed E-state index contributed by atoms with van der Waals surface area (Å²) >= 11 is 0. The number of allylic oxidation sites excluding steroid dienone is 1. The molecule has 0 spiro atoms. The molecule has 8 nitrogen and oxygen atoms in total. The summed E-state index contributed by atoms with van der Waals surface area (Å²) in [5.41, 5.74) is 1.77. The lowest BCUT2D eigenvalue weighted by Gasteiger charge is -2.30. The summed E-state index contributed by atoms with van der Waals surface area (Å²) in [5.74, 6) is 1.84. The molecule has 2 heterocycles. The fourth-order valence-electron chi connectivity index (χ4n) is 3.77. The maximum absolute atomic E-state index is 13.2. The van der Waals surface area contributed by atoms with E-state index in [4.69, 9.17) is 4.74 Å². The van der Waals surface area contributed by atoms with Crippen molar-refractivity contribution >= 4 is 12.0 Å². The molecule has 2 aromatic rings. The number of likely N-dealkylation sites (tertiary alicyclic amines) is 1. The van der Waals surface area contributed by atoms with Crippen molar-refractivity contribution in [3.63, 3.8) is 0 Å². The van der Waals surface area contributed by atoms with Crippen molar-refractivity contribution in [3.8, 4) is 17.0 Å². The molecule has 2 N–H and O–H groups in total. The molecule has 166 valence electrons. The Hall–Kier alpha value is -3.29. The van der Waals surface area contributed by atoms with Crippen LogP contribution in [0.15, 0.2) is 42.8 Å². The minimum absolute atomic E-state index is 0.0731. The number of aromatic nitrogens is 2. The first-order valence-corrected chi connectivity index (χ1v) is 10.4. The first-order valence-electron chi connectivity index (χ1n) is 10.4. The lowest BCUT2D eigenvalue weighted by molar-refractivity contribution is -0.135. The Kier molecular flexibility index (Phi) is 6.99. The number of benzene rings is 1. The highest BCUT2D eigenvalue weighted by Crippen LogP contribution is 2.33. The molecule has 0 aliphatic carbocycles. The zero-order valence-corrected chi connectivity index (χ0v) is 18.5. The van der Waals surface area contributed by atoms with E-state index in [2.05, 4.69) is 26.6 Å². The van der Waals surface area contributed by atoms with Crippen molar-refractivity contribution in [1.29, 1.82) is 0 Å². The van der Waals surface area contributed by atoms with Crippen molar-refractivity contribution in [2.45, 2.75) is 45.7 Å². The lowest BCUT2D eigenvalue weighted by Crippen LogP contribution is -2.51. The highest BCUT2D eigenvalue weighted by Gasteiger charge is 2.37. The summed E-state index contributed by atoms with van der Waals surface area (Å²) in [6.45, 7) is 9.98. The average Bonchev–Trinajstić information content (AvgIpc) is 3.40. The second-order valence-corrected chi connectivity index (χ2v) is 8.06. The van der Waals surface area contributed by atoms with Crippen LogP contribution >= 0.6 is 0 Å². The van der Waals surface area contributed by atoms with Gasteiger partial charge in [0.15, 0.2) is 0 Å². The van der Waals surface area contributed by atoms with Crippen LogP contribution in [0.25, 0.3) is 11.3 Å². The summed E-state index contributed by atoms with van der Waals surface area (Å²) < 4.78 is 10.3. The number of nitrogens with one attached hydrogen (secondary N) is 2. The van der Waals surface area contributed by atoms with E-state index in [9.17, 15) is 9.59 Å². The molecular formula is C23H30N4O4. The van der Waals surface area contributed by atoms with Crippen LogP contribution in [0.2, 0.25) is 0 Å². The number of methoxy groups -OCH3 is 1. The van der Waals surface area contributed by atoms with E-state index < -0.39 is 12.1 Å². The largest absolute Gasteiger partial charge is 0.463 e. The van der Waals surface area contributed by atoms with Crippen LogP contribution in [0.3, 0.4) is 0 Å². The summed E-state index contributed by atoms with van der Waals surface area (Å²) in [5, 5.41) is 2.66. The number of carbonyl (C=O) groups excluding carboxylic acids is 2. The van der Waals surface area contributed by atoms with Crippen LogP contribution < -0.4 is 10.1 Å². The molecule has 1 aromatic carbocycles. The van der Waals surface area contributed by atoms with Crippen LogP contribution in [-0.2, 0) is 9.53 Å². The van der Waals surface area contributed by atoms with E-state index >= 15 is 0 Å². The predicted molar refractivity (Wildman–Crippen MR) is 117 cm³/mol. The second-order valence-electron chi connectivity index (χ2n) is 8.06. The van der Waals surface area contributed by atoms with Crippen molar-refractivity contribution in [2.24, 2.45) is 5.92 Å². The minimum Gasteiger partial charge on any atom is -0.463 e. The molecule has 1 fully saturated rings. The molecular weight excluding hydrogens is 396 g/mol. The van der Waals surface area contributed by atoms with Gasteiger partial charge in [0.05, 0.1) is 30.8 Å². The first kappa shape index (κ1) is 22.4. The van der Waals surface area contributed by atoms with Gasteiger partial charge in [0.2, 0.25) is 5.91 Å². The number of rotatable bonds is 7. The van der Waals surface area contributed by atoms with Crippen LogP contribution in [0.1, 0.15) is 45.5 Å². The second kappa shape index (κ2) is 9.68. The first-order chi connectivity index (χ1) is 14.8. The molecule has 0 saturated carbocycles. The number of amides is 2. The molecule has 3 rings (SSSR count). The van der Waals surface area contributed by atoms with Gasteiger partial charge < -0.3 is 24.7 Å². The quantitative estimate of drug-likeness (QED) is 0.652. The summed E-state index contributed by atoms with van der Waals surface area (Å²) in [4.78, 5) is 34.7. The highest BCUT2D eigenvalue weighted by molar-refractivity contribution is 5.86. The van der Waals surface area contributed by atoms with Gasteiger partial charge in [-0.05, 0) is 37.8 Å². The van der Waals surface area contributed by atoms with Gasteiger partial charge in [-0.3, -0.25) is 4.79 Å². The van der Waals surface area contributed by atoms with E-state index in [-0.39, 0.29) is 17.9 Å². The van der Waals surface area contributed by atoms with Gasteiger partial charge in [-0.1, -0.05) is 32.6 Å². The smallest absolute Gasteiger partial charge is 0.407 e. The Bertz CT molecular complexity index is 953. The number of alkyl carbamates (subject to hydrolysis) is 1. The van der Waals surface area contributed by atoms with Gasteiger partial charge in [-0.2, -0.15) is 0 Å². The van der Waals surface area contributed by atoms with Crippen LogP contribution in [0.5, 0.6) is 5.75 Å². The molecule has 2 atom stereocenters. The Morgan fingerprint density at radius 1 is 1.35 bits per heavy atom. The van der Waals surface area contributed by atoms with Crippen LogP contribution in [0.4, 0.5) is 4.79 Å². The van der Waals surface area contributed by atoms with Gasteiger partial charge in [0.25, 0.3) is 0 Å². The summed E-state index contributed by atoms with van der Waals surface area (Å²) in [7, 11) is 1.29. The fraction of sp³-hybridized carbons (Fsp3) is 0.435. The standard InChI is InChI=1S/C23H30N4O4/c1-14(2)20(26-23(29)30-5)22(28)27-11-7-10-19(27)21-24-13-18(25-21)16-8-6-9-17(12-16)31-15(3)4/h6,8-9,12-14,19-20H,3,7,10-11H2,1-2,4-5H3,(H,24,25)(H,26,29)/t19-,20-/m0/s1. The maximum Gasteiger partial charge on any atom is 0.407 e. The van der Waals surface area contributed by atoms with E-state index in [0.717, 1.165) is 29.9 Å². The average molecular weight is 427 g/mol. The van der Waals surface area contributed by atoms with Crippen LogP contribution in [0, 0.1) is 5.92 Å². The predicted octanol–water partition coefficient (Wildman–Crippen LogP) is 4.03. The zero-order valence-electron chi connectivity index (χ0n) is 18.5. The van der Waals surface area contributed by atoms with Crippen molar-refractivity contribution in [2.75, 3.05) is 13.7 Å². The Balaban J connectivity index is 1.80. The molecule has 1 aliphatic rings. The molecule has 1 aromatic heterocycles. The Morgan fingerprint density at radius 3 is 2.81 bits per heavy atom. The Morgan fingerprint density at radius 2 is 2.13 bits per heavy atom. The fourth-order valence-corrected chi connectivity index (χ4v) is 3.77. The molecule has 1 saturated heterocycles. The zero-order chi connectivity index (χ0) is 22.5.